The molecule has 3 heterocycles. The molecular formula is C23H22ClF2N5O3. The van der Waals surface area contributed by atoms with Crippen LogP contribution in [0.3, 0.4) is 0 Å². The SMILES string of the molecule is CC(=O)NC[C@H]1CN(c2cc(F)c(-c3ccc(C4(C#N)C5CNCC54)nc3)c(F)c2)C(=O)O1.Cl. The van der Waals surface area contributed by atoms with Crippen LogP contribution in [0.25, 0.3) is 11.1 Å². The number of amides is 2. The number of hydrogen-bond acceptors (Lipinski definition) is 6. The fourth-order valence-corrected chi connectivity index (χ4v) is 5.02. The first kappa shape index (κ1) is 23.9. The summed E-state index contributed by atoms with van der Waals surface area (Å²) in [5.74, 6) is -1.54. The van der Waals surface area contributed by atoms with Crippen molar-refractivity contribution < 1.29 is 23.1 Å². The first-order valence-corrected chi connectivity index (χ1v) is 10.7. The van der Waals surface area contributed by atoms with Gasteiger partial charge in [-0.25, -0.2) is 13.6 Å². The Morgan fingerprint density at radius 1 is 1.32 bits per heavy atom. The number of piperidine rings is 1. The van der Waals surface area contributed by atoms with Crippen LogP contribution >= 0.6 is 12.4 Å². The first-order valence-electron chi connectivity index (χ1n) is 10.7. The molecule has 3 aliphatic rings. The van der Waals surface area contributed by atoms with Crippen LogP contribution in [0.5, 0.6) is 0 Å². The number of fused-ring (bicyclic) bond motifs is 1. The molecule has 2 N–H and O–H groups in total. The van der Waals surface area contributed by atoms with Gasteiger partial charge in [-0.1, -0.05) is 6.07 Å². The zero-order chi connectivity index (χ0) is 23.3. The number of rotatable bonds is 5. The largest absolute Gasteiger partial charge is 0.442 e. The van der Waals surface area contributed by atoms with Gasteiger partial charge in [-0.15, -0.1) is 12.4 Å². The summed E-state index contributed by atoms with van der Waals surface area (Å²) in [7, 11) is 0. The van der Waals surface area contributed by atoms with Crippen molar-refractivity contribution in [2.24, 2.45) is 11.8 Å². The minimum Gasteiger partial charge on any atom is -0.442 e. The van der Waals surface area contributed by atoms with E-state index in [4.69, 9.17) is 4.74 Å². The highest BCUT2D eigenvalue weighted by molar-refractivity contribution is 5.90. The number of benzene rings is 1. The van der Waals surface area contributed by atoms with E-state index < -0.39 is 29.2 Å². The van der Waals surface area contributed by atoms with Gasteiger partial charge in [0, 0.05) is 43.6 Å². The minimum absolute atomic E-state index is 0. The van der Waals surface area contributed by atoms with Crippen molar-refractivity contribution in [3.63, 3.8) is 0 Å². The molecule has 8 nitrogen and oxygen atoms in total. The molecule has 2 aliphatic heterocycles. The number of carbonyl (C=O) groups excluding carboxylic acids is 2. The lowest BCUT2D eigenvalue weighted by Crippen LogP contribution is -2.33. The van der Waals surface area contributed by atoms with Gasteiger partial charge in [0.2, 0.25) is 5.91 Å². The number of nitrogens with one attached hydrogen (secondary N) is 2. The Hall–Kier alpha value is -3.29. The van der Waals surface area contributed by atoms with Gasteiger partial charge in [0.15, 0.2) is 0 Å². The fraction of sp³-hybridized carbons (Fsp3) is 0.391. The second kappa shape index (κ2) is 8.81. The highest BCUT2D eigenvalue weighted by Crippen LogP contribution is 2.60. The Morgan fingerprint density at radius 2 is 2.00 bits per heavy atom. The van der Waals surface area contributed by atoms with Gasteiger partial charge in [-0.2, -0.15) is 5.26 Å². The Labute approximate surface area is 200 Å². The van der Waals surface area contributed by atoms with Gasteiger partial charge < -0.3 is 15.4 Å². The number of pyridine rings is 1. The topological polar surface area (TPSA) is 107 Å². The number of aromatic nitrogens is 1. The second-order valence-electron chi connectivity index (χ2n) is 8.62. The van der Waals surface area contributed by atoms with Crippen molar-refractivity contribution in [3.05, 3.63) is 47.8 Å². The molecule has 3 fully saturated rings. The summed E-state index contributed by atoms with van der Waals surface area (Å²) >= 11 is 0. The Kier molecular flexibility index (Phi) is 6.18. The van der Waals surface area contributed by atoms with Crippen molar-refractivity contribution in [1.82, 2.24) is 15.6 Å². The Morgan fingerprint density at radius 3 is 2.56 bits per heavy atom. The molecule has 2 unspecified atom stereocenters. The van der Waals surface area contributed by atoms with Crippen LogP contribution in [0.15, 0.2) is 30.5 Å². The van der Waals surface area contributed by atoms with Crippen molar-refractivity contribution in [2.75, 3.05) is 31.1 Å². The van der Waals surface area contributed by atoms with Crippen molar-refractivity contribution in [1.29, 1.82) is 5.26 Å². The predicted molar refractivity (Wildman–Crippen MR) is 120 cm³/mol. The van der Waals surface area contributed by atoms with E-state index in [9.17, 15) is 23.6 Å². The second-order valence-corrected chi connectivity index (χ2v) is 8.62. The van der Waals surface area contributed by atoms with Gasteiger partial charge in [-0.05, 0) is 18.2 Å². The maximum Gasteiger partial charge on any atom is 0.414 e. The number of nitrogens with zero attached hydrogens (tertiary/aromatic N) is 3. The number of halogens is 3. The molecular weight excluding hydrogens is 468 g/mol. The number of anilines is 1. The molecule has 0 bridgehead atoms. The maximum atomic E-state index is 15.0. The summed E-state index contributed by atoms with van der Waals surface area (Å²) in [4.78, 5) is 28.7. The van der Waals surface area contributed by atoms with Crippen molar-refractivity contribution in [2.45, 2.75) is 18.4 Å². The van der Waals surface area contributed by atoms with E-state index in [-0.39, 0.29) is 60.1 Å². The summed E-state index contributed by atoms with van der Waals surface area (Å²) in [5.41, 5.74) is -0.00830. The van der Waals surface area contributed by atoms with Crippen LogP contribution in [0, 0.1) is 34.8 Å². The average Bonchev–Trinajstić information content (AvgIpc) is 3.09. The van der Waals surface area contributed by atoms with E-state index in [1.807, 2.05) is 0 Å². The summed E-state index contributed by atoms with van der Waals surface area (Å²) in [5, 5.41) is 15.5. The molecule has 2 saturated heterocycles. The van der Waals surface area contributed by atoms with E-state index in [1.54, 1.807) is 12.1 Å². The number of cyclic esters (lactones) is 1. The molecule has 0 spiro atoms. The van der Waals surface area contributed by atoms with E-state index in [0.29, 0.717) is 5.69 Å². The molecule has 3 atom stereocenters. The highest BCUT2D eigenvalue weighted by atomic mass is 35.5. The zero-order valence-corrected chi connectivity index (χ0v) is 19.0. The molecule has 1 aromatic carbocycles. The van der Waals surface area contributed by atoms with E-state index in [2.05, 4.69) is 21.7 Å². The van der Waals surface area contributed by atoms with E-state index in [1.165, 1.54) is 13.1 Å². The maximum absolute atomic E-state index is 15.0. The number of ether oxygens (including phenoxy) is 1. The van der Waals surface area contributed by atoms with Gasteiger partial charge in [0.05, 0.1) is 36.1 Å². The molecule has 1 aromatic heterocycles. The third-order valence-electron chi connectivity index (χ3n) is 6.73. The van der Waals surface area contributed by atoms with Crippen LogP contribution in [-0.2, 0) is 14.9 Å². The quantitative estimate of drug-likeness (QED) is 0.668. The van der Waals surface area contributed by atoms with Crippen molar-refractivity contribution >= 4 is 30.1 Å². The van der Waals surface area contributed by atoms with Crippen LogP contribution in [0.4, 0.5) is 19.3 Å². The summed E-state index contributed by atoms with van der Waals surface area (Å²) in [6.07, 6.45) is 0.0210. The first-order chi connectivity index (χ1) is 15.8. The monoisotopic (exact) mass is 489 g/mol. The van der Waals surface area contributed by atoms with E-state index >= 15 is 0 Å². The molecule has 1 saturated carbocycles. The predicted octanol–water partition coefficient (Wildman–Crippen LogP) is 2.52. The van der Waals surface area contributed by atoms with Gasteiger partial charge >= 0.3 is 6.09 Å². The lowest BCUT2D eigenvalue weighted by molar-refractivity contribution is -0.119. The molecule has 2 amide bonds. The third-order valence-corrected chi connectivity index (χ3v) is 6.73. The molecule has 1 aliphatic carbocycles. The smallest absolute Gasteiger partial charge is 0.414 e. The standard InChI is InChI=1S/C23H21F2N5O3.ClH/c1-12(31)28-7-15-10-30(22(32)33-15)14-4-18(24)21(19(25)5-14)13-2-3-20(29-6-13)23(11-26)16-8-27-9-17(16)23;/h2-6,15-17,27H,7-10H2,1H3,(H,28,31);1H/t15-,16?,17?,23?;/m0./s1. The van der Waals surface area contributed by atoms with Crippen LogP contribution in [0.2, 0.25) is 0 Å². The molecule has 34 heavy (non-hydrogen) atoms. The van der Waals surface area contributed by atoms with Crippen LogP contribution in [-0.4, -0.2) is 49.3 Å². The molecule has 2 aromatic rings. The van der Waals surface area contributed by atoms with E-state index in [0.717, 1.165) is 30.1 Å². The van der Waals surface area contributed by atoms with Crippen LogP contribution < -0.4 is 15.5 Å². The molecule has 5 rings (SSSR count). The molecule has 11 heteroatoms. The minimum atomic E-state index is -0.847. The summed E-state index contributed by atoms with van der Waals surface area (Å²) in [6.45, 7) is 3.03. The van der Waals surface area contributed by atoms with Gasteiger partial charge in [-0.3, -0.25) is 14.7 Å². The summed E-state index contributed by atoms with van der Waals surface area (Å²) < 4.78 is 35.1. The molecule has 0 radical (unpaired) electrons. The van der Waals surface area contributed by atoms with Crippen molar-refractivity contribution in [3.8, 4) is 17.2 Å². The Bertz CT molecular complexity index is 1150. The number of carbonyl (C=O) groups is 2. The third kappa shape index (κ3) is 3.75. The number of hydrogen-bond donors (Lipinski definition) is 2. The lowest BCUT2D eigenvalue weighted by Gasteiger charge is -2.16. The lowest BCUT2D eigenvalue weighted by atomic mass is 9.95. The zero-order valence-electron chi connectivity index (χ0n) is 18.2. The van der Waals surface area contributed by atoms with Gasteiger partial charge in [0.25, 0.3) is 0 Å². The highest BCUT2D eigenvalue weighted by Gasteiger charge is 2.69. The fourth-order valence-electron chi connectivity index (χ4n) is 5.02. The van der Waals surface area contributed by atoms with Gasteiger partial charge in [0.1, 0.15) is 23.2 Å². The Balaban J connectivity index is 0.00000274. The van der Waals surface area contributed by atoms with Crippen LogP contribution in [0.1, 0.15) is 12.6 Å². The molecule has 178 valence electrons. The number of nitriles is 1. The average molecular weight is 490 g/mol. The normalized spacial score (nSPS) is 26.8. The summed E-state index contributed by atoms with van der Waals surface area (Å²) in [6, 6.07) is 7.76.